The highest BCUT2D eigenvalue weighted by Gasteiger charge is 2.22. The third-order valence-electron chi connectivity index (χ3n) is 3.92. The van der Waals surface area contributed by atoms with Gasteiger partial charge in [-0.3, -0.25) is 0 Å². The minimum absolute atomic E-state index is 0.202. The number of fused-ring (bicyclic) bond motifs is 1. The number of hydrogen-bond donors (Lipinski definition) is 2. The van der Waals surface area contributed by atoms with Crippen molar-refractivity contribution in [3.05, 3.63) is 36.4 Å². The maximum absolute atomic E-state index is 12.7. The standard InChI is InChI=1S/C18H25NO4S/c1-3-5-12-23-17-10-11-18(16-9-7-6-8-15(16)17)24(21,22)19-14(4-2)13-20/h6-11,14,19-20H,3-5,12-13H2,1-2H3/t14-/m0/s1. The van der Waals surface area contributed by atoms with Gasteiger partial charge in [-0.25, -0.2) is 13.1 Å². The van der Waals surface area contributed by atoms with Crippen LogP contribution in [0.15, 0.2) is 41.3 Å². The zero-order valence-electron chi connectivity index (χ0n) is 14.2. The molecule has 0 spiro atoms. The van der Waals surface area contributed by atoms with Crippen molar-refractivity contribution >= 4 is 20.8 Å². The first kappa shape index (κ1) is 18.7. The summed E-state index contributed by atoms with van der Waals surface area (Å²) in [5.74, 6) is 0.687. The van der Waals surface area contributed by atoms with Crippen molar-refractivity contribution in [2.45, 2.75) is 44.0 Å². The minimum atomic E-state index is -3.72. The number of ether oxygens (including phenoxy) is 1. The van der Waals surface area contributed by atoms with E-state index in [1.807, 2.05) is 19.1 Å². The van der Waals surface area contributed by atoms with Gasteiger partial charge >= 0.3 is 0 Å². The molecule has 132 valence electrons. The summed E-state index contributed by atoms with van der Waals surface area (Å²) in [7, 11) is -3.72. The van der Waals surface area contributed by atoms with Gasteiger partial charge in [0.15, 0.2) is 0 Å². The van der Waals surface area contributed by atoms with E-state index in [0.717, 1.165) is 18.2 Å². The molecule has 0 aliphatic rings. The predicted molar refractivity (Wildman–Crippen MR) is 95.8 cm³/mol. The normalized spacial score (nSPS) is 13.1. The molecule has 1 atom stereocenters. The van der Waals surface area contributed by atoms with E-state index in [1.165, 1.54) is 0 Å². The van der Waals surface area contributed by atoms with Crippen LogP contribution in [-0.4, -0.2) is 32.8 Å². The molecule has 2 aromatic rings. The number of nitrogens with one attached hydrogen (secondary N) is 1. The Kier molecular flexibility index (Phi) is 6.60. The van der Waals surface area contributed by atoms with Crippen molar-refractivity contribution in [3.8, 4) is 5.75 Å². The number of benzene rings is 2. The monoisotopic (exact) mass is 351 g/mol. The van der Waals surface area contributed by atoms with Crippen LogP contribution >= 0.6 is 0 Å². The summed E-state index contributed by atoms with van der Waals surface area (Å²) in [6.07, 6.45) is 2.50. The summed E-state index contributed by atoms with van der Waals surface area (Å²) in [5, 5.41) is 10.7. The van der Waals surface area contributed by atoms with Crippen LogP contribution in [0.2, 0.25) is 0 Å². The number of hydrogen-bond acceptors (Lipinski definition) is 4. The average molecular weight is 351 g/mol. The molecule has 0 fully saturated rings. The molecule has 0 unspecified atom stereocenters. The van der Waals surface area contributed by atoms with Crippen LogP contribution in [0.4, 0.5) is 0 Å². The van der Waals surface area contributed by atoms with Crippen molar-refractivity contribution in [2.75, 3.05) is 13.2 Å². The lowest BCUT2D eigenvalue weighted by atomic mass is 10.1. The van der Waals surface area contributed by atoms with Gasteiger partial charge < -0.3 is 9.84 Å². The molecule has 2 N–H and O–H groups in total. The van der Waals surface area contributed by atoms with E-state index in [2.05, 4.69) is 11.6 Å². The maximum Gasteiger partial charge on any atom is 0.241 e. The summed E-state index contributed by atoms with van der Waals surface area (Å²) in [5.41, 5.74) is 0. The molecule has 0 heterocycles. The second-order valence-corrected chi connectivity index (χ2v) is 7.40. The van der Waals surface area contributed by atoms with E-state index < -0.39 is 16.1 Å². The molecule has 0 aliphatic heterocycles. The summed E-state index contributed by atoms with van der Waals surface area (Å²) in [6.45, 7) is 4.29. The smallest absolute Gasteiger partial charge is 0.241 e. The Morgan fingerprint density at radius 2 is 1.83 bits per heavy atom. The molecule has 0 amide bonds. The zero-order valence-corrected chi connectivity index (χ0v) is 15.0. The van der Waals surface area contributed by atoms with Gasteiger partial charge in [0.1, 0.15) is 5.75 Å². The lowest BCUT2D eigenvalue weighted by Crippen LogP contribution is -2.36. The van der Waals surface area contributed by atoms with Crippen LogP contribution in [0, 0.1) is 0 Å². The summed E-state index contributed by atoms with van der Waals surface area (Å²) >= 11 is 0. The molecule has 6 heteroatoms. The second kappa shape index (κ2) is 8.46. The SMILES string of the molecule is CCCCOc1ccc(S(=O)(=O)N[C@@H](CC)CO)c2ccccc12. The molecule has 0 aliphatic carbocycles. The molecule has 2 aromatic carbocycles. The van der Waals surface area contributed by atoms with Crippen molar-refractivity contribution in [2.24, 2.45) is 0 Å². The van der Waals surface area contributed by atoms with Gasteiger partial charge in [0.05, 0.1) is 18.1 Å². The Morgan fingerprint density at radius 1 is 1.12 bits per heavy atom. The number of aliphatic hydroxyl groups excluding tert-OH is 1. The Hall–Kier alpha value is -1.63. The van der Waals surface area contributed by atoms with Gasteiger partial charge in [-0.2, -0.15) is 0 Å². The molecule has 0 aromatic heterocycles. The number of rotatable bonds is 9. The Bertz CT molecular complexity index is 770. The number of aliphatic hydroxyl groups is 1. The van der Waals surface area contributed by atoms with Crippen molar-refractivity contribution in [1.82, 2.24) is 4.72 Å². The zero-order chi connectivity index (χ0) is 17.6. The van der Waals surface area contributed by atoms with Crippen LogP contribution in [0.1, 0.15) is 33.1 Å². The maximum atomic E-state index is 12.7. The highest BCUT2D eigenvalue weighted by Crippen LogP contribution is 2.31. The fourth-order valence-electron chi connectivity index (χ4n) is 2.46. The van der Waals surface area contributed by atoms with Crippen molar-refractivity contribution in [3.63, 3.8) is 0 Å². The summed E-state index contributed by atoms with van der Waals surface area (Å²) < 4.78 is 33.7. The van der Waals surface area contributed by atoms with Gasteiger partial charge in [0, 0.05) is 16.8 Å². The van der Waals surface area contributed by atoms with Gasteiger partial charge in [0.2, 0.25) is 10.0 Å². The molecule has 24 heavy (non-hydrogen) atoms. The minimum Gasteiger partial charge on any atom is -0.493 e. The van der Waals surface area contributed by atoms with Crippen molar-refractivity contribution < 1.29 is 18.3 Å². The number of sulfonamides is 1. The average Bonchev–Trinajstić information content (AvgIpc) is 2.59. The lowest BCUT2D eigenvalue weighted by molar-refractivity contribution is 0.254. The fraction of sp³-hybridized carbons (Fsp3) is 0.444. The molecule has 0 radical (unpaired) electrons. The first-order valence-corrected chi connectivity index (χ1v) is 9.79. The fourth-order valence-corrected chi connectivity index (χ4v) is 3.98. The van der Waals surface area contributed by atoms with E-state index in [4.69, 9.17) is 4.74 Å². The van der Waals surface area contributed by atoms with Crippen LogP contribution < -0.4 is 9.46 Å². The summed E-state index contributed by atoms with van der Waals surface area (Å²) in [6, 6.07) is 10.1. The van der Waals surface area contributed by atoms with E-state index >= 15 is 0 Å². The van der Waals surface area contributed by atoms with Crippen LogP contribution in [0.3, 0.4) is 0 Å². The van der Waals surface area contributed by atoms with Crippen LogP contribution in [-0.2, 0) is 10.0 Å². The molecule has 0 saturated carbocycles. The summed E-state index contributed by atoms with van der Waals surface area (Å²) in [4.78, 5) is 0.202. The van der Waals surface area contributed by atoms with E-state index in [0.29, 0.717) is 24.2 Å². The highest BCUT2D eigenvalue weighted by molar-refractivity contribution is 7.89. The third-order valence-corrected chi connectivity index (χ3v) is 5.50. The van der Waals surface area contributed by atoms with E-state index in [1.54, 1.807) is 24.3 Å². The Morgan fingerprint density at radius 3 is 2.46 bits per heavy atom. The van der Waals surface area contributed by atoms with Gasteiger partial charge in [-0.1, -0.05) is 44.5 Å². The second-order valence-electron chi connectivity index (χ2n) is 5.72. The molecular weight excluding hydrogens is 326 g/mol. The lowest BCUT2D eigenvalue weighted by Gasteiger charge is -2.17. The highest BCUT2D eigenvalue weighted by atomic mass is 32.2. The molecule has 0 bridgehead atoms. The third kappa shape index (κ3) is 4.26. The molecular formula is C18H25NO4S. The van der Waals surface area contributed by atoms with Gasteiger partial charge in [0.25, 0.3) is 0 Å². The number of unbranched alkanes of at least 4 members (excludes halogenated alkanes) is 1. The molecule has 2 rings (SSSR count). The Balaban J connectivity index is 2.43. The van der Waals surface area contributed by atoms with E-state index in [9.17, 15) is 13.5 Å². The predicted octanol–water partition coefficient (Wildman–Crippen LogP) is 3.07. The quantitative estimate of drug-likeness (QED) is 0.681. The van der Waals surface area contributed by atoms with Crippen LogP contribution in [0.25, 0.3) is 10.8 Å². The molecule has 0 saturated heterocycles. The largest absolute Gasteiger partial charge is 0.493 e. The van der Waals surface area contributed by atoms with E-state index in [-0.39, 0.29) is 11.5 Å². The first-order valence-electron chi connectivity index (χ1n) is 8.31. The van der Waals surface area contributed by atoms with Gasteiger partial charge in [-0.05, 0) is 25.0 Å². The molecule has 5 nitrogen and oxygen atoms in total. The van der Waals surface area contributed by atoms with Gasteiger partial charge in [-0.15, -0.1) is 0 Å². The topological polar surface area (TPSA) is 75.6 Å². The van der Waals surface area contributed by atoms with Crippen LogP contribution in [0.5, 0.6) is 5.75 Å². The van der Waals surface area contributed by atoms with Crippen molar-refractivity contribution in [1.29, 1.82) is 0 Å². The first-order chi connectivity index (χ1) is 11.5. The Labute approximate surface area is 143 Å².